The fourth-order valence-corrected chi connectivity index (χ4v) is 2.19. The van der Waals surface area contributed by atoms with E-state index in [-0.39, 0.29) is 5.54 Å². The second kappa shape index (κ2) is 7.77. The molecule has 0 fully saturated rings. The molecule has 0 saturated heterocycles. The van der Waals surface area contributed by atoms with Crippen molar-refractivity contribution >= 4 is 0 Å². The number of likely N-dealkylation sites (N-methyl/N-ethyl adjacent to an activating group) is 1. The van der Waals surface area contributed by atoms with E-state index in [9.17, 15) is 0 Å². The lowest BCUT2D eigenvalue weighted by atomic mass is 10.1. The first-order chi connectivity index (χ1) is 9.31. The molecule has 0 radical (unpaired) electrons. The van der Waals surface area contributed by atoms with Gasteiger partial charge in [-0.1, -0.05) is 29.8 Å². The van der Waals surface area contributed by atoms with Crippen LogP contribution in [0.1, 0.15) is 31.9 Å². The van der Waals surface area contributed by atoms with Crippen LogP contribution in [0, 0.1) is 6.92 Å². The van der Waals surface area contributed by atoms with E-state index in [0.29, 0.717) is 6.04 Å². The van der Waals surface area contributed by atoms with Crippen molar-refractivity contribution in [3.8, 4) is 0 Å². The minimum absolute atomic E-state index is 0.135. The Labute approximate surface area is 124 Å². The lowest BCUT2D eigenvalue weighted by molar-refractivity contribution is 0.0972. The summed E-state index contributed by atoms with van der Waals surface area (Å²) in [5.41, 5.74) is 2.80. The van der Waals surface area contributed by atoms with Gasteiger partial charge in [0.1, 0.15) is 0 Å². The summed E-state index contributed by atoms with van der Waals surface area (Å²) in [5, 5.41) is 3.56. The monoisotopic (exact) mass is 278 g/mol. The van der Waals surface area contributed by atoms with Crippen LogP contribution in [0.25, 0.3) is 0 Å². The van der Waals surface area contributed by atoms with Crippen molar-refractivity contribution in [1.29, 1.82) is 0 Å². The molecular formula is C17H30N2O. The van der Waals surface area contributed by atoms with Crippen LogP contribution < -0.4 is 5.32 Å². The second-order valence-electron chi connectivity index (χ2n) is 6.64. The molecule has 0 heterocycles. The predicted octanol–water partition coefficient (Wildman–Crippen LogP) is 2.83. The quantitative estimate of drug-likeness (QED) is 0.830. The molecule has 1 unspecified atom stereocenters. The van der Waals surface area contributed by atoms with Gasteiger partial charge in [-0.05, 0) is 40.3 Å². The Bertz CT molecular complexity index is 398. The Morgan fingerprint density at radius 1 is 1.30 bits per heavy atom. The van der Waals surface area contributed by atoms with Gasteiger partial charge >= 0.3 is 0 Å². The zero-order valence-corrected chi connectivity index (χ0v) is 13.9. The van der Waals surface area contributed by atoms with Crippen LogP contribution in [-0.4, -0.2) is 43.8 Å². The summed E-state index contributed by atoms with van der Waals surface area (Å²) < 4.78 is 5.37. The number of nitrogens with one attached hydrogen (secondary N) is 1. The number of methoxy groups -OCH3 is 1. The maximum absolute atomic E-state index is 5.37. The average molecular weight is 278 g/mol. The van der Waals surface area contributed by atoms with E-state index in [1.165, 1.54) is 11.1 Å². The molecule has 1 atom stereocenters. The van der Waals surface area contributed by atoms with Gasteiger partial charge < -0.3 is 10.1 Å². The summed E-state index contributed by atoms with van der Waals surface area (Å²) in [7, 11) is 3.93. The minimum Gasteiger partial charge on any atom is -0.383 e. The minimum atomic E-state index is 0.135. The molecule has 114 valence electrons. The van der Waals surface area contributed by atoms with Crippen molar-refractivity contribution in [2.45, 2.75) is 45.8 Å². The highest BCUT2D eigenvalue weighted by Gasteiger charge is 2.18. The van der Waals surface area contributed by atoms with Crippen LogP contribution in [0.15, 0.2) is 24.3 Å². The Morgan fingerprint density at radius 2 is 2.00 bits per heavy atom. The fraction of sp³-hybridized carbons (Fsp3) is 0.647. The van der Waals surface area contributed by atoms with E-state index in [1.807, 2.05) is 0 Å². The lowest BCUT2D eigenvalue weighted by Gasteiger charge is -2.31. The van der Waals surface area contributed by atoms with Crippen molar-refractivity contribution in [2.24, 2.45) is 0 Å². The molecule has 0 bridgehead atoms. The van der Waals surface area contributed by atoms with Crippen LogP contribution in [0.2, 0.25) is 0 Å². The first-order valence-electron chi connectivity index (χ1n) is 7.31. The molecule has 20 heavy (non-hydrogen) atoms. The number of nitrogens with zero attached hydrogens (tertiary/aromatic N) is 1. The number of hydrogen-bond acceptors (Lipinski definition) is 3. The summed E-state index contributed by atoms with van der Waals surface area (Å²) in [5.74, 6) is 0. The third-order valence-corrected chi connectivity index (χ3v) is 3.36. The van der Waals surface area contributed by atoms with Crippen LogP contribution >= 0.6 is 0 Å². The third-order valence-electron chi connectivity index (χ3n) is 3.36. The number of rotatable bonds is 7. The average Bonchev–Trinajstić information content (AvgIpc) is 2.33. The van der Waals surface area contributed by atoms with E-state index < -0.39 is 0 Å². The van der Waals surface area contributed by atoms with Crippen molar-refractivity contribution in [3.63, 3.8) is 0 Å². The molecule has 0 aromatic heterocycles. The summed E-state index contributed by atoms with van der Waals surface area (Å²) in [4.78, 5) is 2.36. The number of benzene rings is 1. The van der Waals surface area contributed by atoms with Gasteiger partial charge in [-0.3, -0.25) is 4.90 Å². The molecule has 0 saturated carbocycles. The second-order valence-corrected chi connectivity index (χ2v) is 6.64. The molecule has 0 amide bonds. The van der Waals surface area contributed by atoms with E-state index in [2.05, 4.69) is 69.2 Å². The third kappa shape index (κ3) is 6.51. The predicted molar refractivity (Wildman–Crippen MR) is 86.1 cm³/mol. The maximum Gasteiger partial charge on any atom is 0.0630 e. The Balaban J connectivity index is 2.61. The highest BCUT2D eigenvalue weighted by molar-refractivity contribution is 5.22. The highest BCUT2D eigenvalue weighted by atomic mass is 16.5. The summed E-state index contributed by atoms with van der Waals surface area (Å²) in [6.07, 6.45) is 0. The lowest BCUT2D eigenvalue weighted by Crippen LogP contribution is -2.48. The molecular weight excluding hydrogens is 248 g/mol. The Morgan fingerprint density at radius 3 is 2.55 bits per heavy atom. The summed E-state index contributed by atoms with van der Waals surface area (Å²) in [6.45, 7) is 11.3. The molecule has 0 aliphatic heterocycles. The molecule has 1 aromatic rings. The molecule has 3 heteroatoms. The molecule has 0 spiro atoms. The van der Waals surface area contributed by atoms with Crippen molar-refractivity contribution in [3.05, 3.63) is 35.4 Å². The SMILES string of the molecule is COCC(CNC(C)(C)C)N(C)Cc1cccc(C)c1. The highest BCUT2D eigenvalue weighted by Crippen LogP contribution is 2.10. The number of aryl methyl sites for hydroxylation is 1. The normalized spacial score (nSPS) is 13.8. The molecule has 1 rings (SSSR count). The molecule has 0 aliphatic carbocycles. The largest absolute Gasteiger partial charge is 0.383 e. The first kappa shape index (κ1) is 17.2. The Hall–Kier alpha value is -0.900. The van der Waals surface area contributed by atoms with Gasteiger partial charge in [-0.2, -0.15) is 0 Å². The smallest absolute Gasteiger partial charge is 0.0630 e. The molecule has 0 aliphatic rings. The van der Waals surface area contributed by atoms with E-state index in [1.54, 1.807) is 7.11 Å². The van der Waals surface area contributed by atoms with Crippen molar-refractivity contribution in [2.75, 3.05) is 27.3 Å². The van der Waals surface area contributed by atoms with Crippen molar-refractivity contribution < 1.29 is 4.74 Å². The summed E-state index contributed by atoms with van der Waals surface area (Å²) in [6, 6.07) is 9.07. The van der Waals surface area contributed by atoms with E-state index >= 15 is 0 Å². The topological polar surface area (TPSA) is 24.5 Å². The molecule has 3 nitrogen and oxygen atoms in total. The molecule has 1 aromatic carbocycles. The number of hydrogen-bond donors (Lipinski definition) is 1. The first-order valence-corrected chi connectivity index (χ1v) is 7.31. The van der Waals surface area contributed by atoms with Crippen LogP contribution in [0.5, 0.6) is 0 Å². The standard InChI is InChI=1S/C17H30N2O/c1-14-8-7-9-15(10-14)12-19(5)16(13-20-6)11-18-17(2,3)4/h7-10,16,18H,11-13H2,1-6H3. The van der Waals surface area contributed by atoms with Gasteiger partial charge in [-0.15, -0.1) is 0 Å². The summed E-state index contributed by atoms with van der Waals surface area (Å²) >= 11 is 0. The van der Waals surface area contributed by atoms with Crippen LogP contribution in [0.4, 0.5) is 0 Å². The fourth-order valence-electron chi connectivity index (χ4n) is 2.19. The van der Waals surface area contributed by atoms with Gasteiger partial charge in [0.05, 0.1) is 6.61 Å². The van der Waals surface area contributed by atoms with Gasteiger partial charge in [0, 0.05) is 31.8 Å². The van der Waals surface area contributed by atoms with Crippen molar-refractivity contribution in [1.82, 2.24) is 10.2 Å². The maximum atomic E-state index is 5.37. The van der Waals surface area contributed by atoms with Gasteiger partial charge in [0.2, 0.25) is 0 Å². The number of ether oxygens (including phenoxy) is 1. The Kier molecular flexibility index (Phi) is 6.66. The van der Waals surface area contributed by atoms with Gasteiger partial charge in [0.15, 0.2) is 0 Å². The molecule has 1 N–H and O–H groups in total. The van der Waals surface area contributed by atoms with Crippen LogP contribution in [0.3, 0.4) is 0 Å². The zero-order chi connectivity index (χ0) is 15.2. The van der Waals surface area contributed by atoms with E-state index in [0.717, 1.165) is 19.7 Å². The van der Waals surface area contributed by atoms with E-state index in [4.69, 9.17) is 4.74 Å². The van der Waals surface area contributed by atoms with Gasteiger partial charge in [0.25, 0.3) is 0 Å². The zero-order valence-electron chi connectivity index (χ0n) is 13.9. The van der Waals surface area contributed by atoms with Gasteiger partial charge in [-0.25, -0.2) is 0 Å². The van der Waals surface area contributed by atoms with Crippen LogP contribution in [-0.2, 0) is 11.3 Å².